The number of sulfone groups is 1. The smallest absolute Gasteiger partial charge is 0.251 e. The first kappa shape index (κ1) is 14.1. The summed E-state index contributed by atoms with van der Waals surface area (Å²) in [5.74, 6) is -0.322. The standard InChI is InChI=1S/C12H14ClNO4S/c13-10-6-8(3-4-11(10)15)12(16)14-9-2-1-5-19(17,18)7-9/h3-4,6,9,15H,1-2,5,7H2,(H,14,16). The number of nitrogens with one attached hydrogen (secondary N) is 1. The highest BCUT2D eigenvalue weighted by Gasteiger charge is 2.26. The minimum atomic E-state index is -3.06. The third kappa shape index (κ3) is 3.61. The van der Waals surface area contributed by atoms with Crippen LogP contribution in [0.25, 0.3) is 0 Å². The van der Waals surface area contributed by atoms with Gasteiger partial charge in [0.25, 0.3) is 5.91 Å². The Hall–Kier alpha value is -1.27. The minimum absolute atomic E-state index is 0.0233. The third-order valence-corrected chi connectivity index (χ3v) is 5.13. The van der Waals surface area contributed by atoms with Crippen molar-refractivity contribution in [2.75, 3.05) is 11.5 Å². The maximum Gasteiger partial charge on any atom is 0.251 e. The predicted molar refractivity (Wildman–Crippen MR) is 72.3 cm³/mol. The van der Waals surface area contributed by atoms with Crippen molar-refractivity contribution < 1.29 is 18.3 Å². The number of benzene rings is 1. The monoisotopic (exact) mass is 303 g/mol. The third-order valence-electron chi connectivity index (χ3n) is 3.01. The molecule has 1 unspecified atom stereocenters. The zero-order valence-corrected chi connectivity index (χ0v) is 11.7. The zero-order chi connectivity index (χ0) is 14.0. The summed E-state index contributed by atoms with van der Waals surface area (Å²) in [6, 6.07) is 3.76. The van der Waals surface area contributed by atoms with Gasteiger partial charge in [0.2, 0.25) is 0 Å². The van der Waals surface area contributed by atoms with E-state index in [9.17, 15) is 18.3 Å². The molecular weight excluding hydrogens is 290 g/mol. The Balaban J connectivity index is 2.06. The molecule has 1 aromatic carbocycles. The number of carbonyl (C=O) groups excluding carboxylic acids is 1. The Morgan fingerprint density at radius 3 is 2.79 bits per heavy atom. The summed E-state index contributed by atoms with van der Waals surface area (Å²) in [7, 11) is -3.06. The number of phenols is 1. The number of aromatic hydroxyl groups is 1. The van der Waals surface area contributed by atoms with E-state index in [-0.39, 0.29) is 34.2 Å². The molecule has 1 amide bonds. The van der Waals surface area contributed by atoms with Gasteiger partial charge in [0.15, 0.2) is 9.84 Å². The van der Waals surface area contributed by atoms with Crippen LogP contribution >= 0.6 is 11.6 Å². The van der Waals surface area contributed by atoms with Gasteiger partial charge in [-0.2, -0.15) is 0 Å². The SMILES string of the molecule is O=C(NC1CCCS(=O)(=O)C1)c1ccc(O)c(Cl)c1. The number of hydrogen-bond acceptors (Lipinski definition) is 4. The zero-order valence-electron chi connectivity index (χ0n) is 10.1. The van der Waals surface area contributed by atoms with Crippen molar-refractivity contribution in [1.82, 2.24) is 5.32 Å². The van der Waals surface area contributed by atoms with Crippen LogP contribution in [0.5, 0.6) is 5.75 Å². The lowest BCUT2D eigenvalue weighted by Gasteiger charge is -2.23. The van der Waals surface area contributed by atoms with Crippen molar-refractivity contribution in [3.63, 3.8) is 0 Å². The van der Waals surface area contributed by atoms with Gasteiger partial charge in [0.1, 0.15) is 5.75 Å². The minimum Gasteiger partial charge on any atom is -0.506 e. The Kier molecular flexibility index (Phi) is 4.01. The van der Waals surface area contributed by atoms with Crippen molar-refractivity contribution >= 4 is 27.3 Å². The van der Waals surface area contributed by atoms with Gasteiger partial charge in [0.05, 0.1) is 16.5 Å². The molecule has 1 fully saturated rings. The van der Waals surface area contributed by atoms with Crippen LogP contribution < -0.4 is 5.32 Å². The summed E-state index contributed by atoms with van der Waals surface area (Å²) in [4.78, 5) is 11.9. The largest absolute Gasteiger partial charge is 0.506 e. The van der Waals surface area contributed by atoms with Crippen molar-refractivity contribution in [3.05, 3.63) is 28.8 Å². The van der Waals surface area contributed by atoms with Crippen LogP contribution in [0.1, 0.15) is 23.2 Å². The maximum atomic E-state index is 11.9. The van der Waals surface area contributed by atoms with Crippen LogP contribution in [0.3, 0.4) is 0 Å². The van der Waals surface area contributed by atoms with Crippen molar-refractivity contribution in [2.24, 2.45) is 0 Å². The average molecular weight is 304 g/mol. The molecule has 1 aromatic rings. The van der Waals surface area contributed by atoms with Crippen molar-refractivity contribution in [2.45, 2.75) is 18.9 Å². The maximum absolute atomic E-state index is 11.9. The lowest BCUT2D eigenvalue weighted by Crippen LogP contribution is -2.43. The number of rotatable bonds is 2. The van der Waals surface area contributed by atoms with Crippen molar-refractivity contribution in [1.29, 1.82) is 0 Å². The number of phenolic OH excluding ortho intramolecular Hbond substituents is 1. The predicted octanol–water partition coefficient (Wildman–Crippen LogP) is 1.35. The molecular formula is C12H14ClNO4S. The van der Waals surface area contributed by atoms with E-state index in [1.165, 1.54) is 18.2 Å². The molecule has 0 aromatic heterocycles. The fourth-order valence-electron chi connectivity index (χ4n) is 2.05. The van der Waals surface area contributed by atoms with Gasteiger partial charge in [-0.25, -0.2) is 8.42 Å². The molecule has 2 N–H and O–H groups in total. The van der Waals surface area contributed by atoms with E-state index < -0.39 is 9.84 Å². The second kappa shape index (κ2) is 5.38. The molecule has 1 saturated heterocycles. The van der Waals surface area contributed by atoms with Gasteiger partial charge in [-0.15, -0.1) is 0 Å². The molecule has 0 saturated carbocycles. The number of hydrogen-bond donors (Lipinski definition) is 2. The molecule has 0 bridgehead atoms. The lowest BCUT2D eigenvalue weighted by molar-refractivity contribution is 0.0938. The van der Waals surface area contributed by atoms with Crippen LogP contribution in [0.15, 0.2) is 18.2 Å². The van der Waals surface area contributed by atoms with Gasteiger partial charge in [-0.3, -0.25) is 4.79 Å². The van der Waals surface area contributed by atoms with Crippen LogP contribution in [-0.2, 0) is 9.84 Å². The van der Waals surface area contributed by atoms with E-state index in [2.05, 4.69) is 5.32 Å². The van der Waals surface area contributed by atoms with E-state index in [0.717, 1.165) is 0 Å². The Labute approximate surface area is 116 Å². The van der Waals surface area contributed by atoms with E-state index in [1.807, 2.05) is 0 Å². The highest BCUT2D eigenvalue weighted by molar-refractivity contribution is 7.91. The molecule has 1 aliphatic heterocycles. The summed E-state index contributed by atoms with van der Waals surface area (Å²) in [6.45, 7) is 0. The first-order chi connectivity index (χ1) is 8.87. The molecule has 1 aliphatic rings. The highest BCUT2D eigenvalue weighted by atomic mass is 35.5. The molecule has 2 rings (SSSR count). The molecule has 5 nitrogen and oxygen atoms in total. The molecule has 0 radical (unpaired) electrons. The molecule has 104 valence electrons. The van der Waals surface area contributed by atoms with Gasteiger partial charge < -0.3 is 10.4 Å². The molecule has 0 aliphatic carbocycles. The first-order valence-corrected chi connectivity index (χ1v) is 8.07. The normalized spacial score (nSPS) is 21.8. The summed E-state index contributed by atoms with van der Waals surface area (Å²) in [5, 5.41) is 12.0. The second-order valence-electron chi connectivity index (χ2n) is 4.59. The summed E-state index contributed by atoms with van der Waals surface area (Å²) < 4.78 is 22.9. The Morgan fingerprint density at radius 1 is 1.42 bits per heavy atom. The summed E-state index contributed by atoms with van der Waals surface area (Å²) in [5.41, 5.74) is 0.297. The molecule has 1 atom stereocenters. The fourth-order valence-corrected chi connectivity index (χ4v) is 3.87. The lowest BCUT2D eigenvalue weighted by atomic mass is 10.1. The molecule has 1 heterocycles. The molecule has 0 spiro atoms. The number of carbonyl (C=O) groups is 1. The van der Waals surface area contributed by atoms with E-state index in [1.54, 1.807) is 0 Å². The van der Waals surface area contributed by atoms with E-state index in [0.29, 0.717) is 18.4 Å². The fraction of sp³-hybridized carbons (Fsp3) is 0.417. The van der Waals surface area contributed by atoms with Gasteiger partial charge in [0, 0.05) is 11.6 Å². The number of amides is 1. The Morgan fingerprint density at radius 2 is 2.16 bits per heavy atom. The van der Waals surface area contributed by atoms with Crippen LogP contribution in [0.4, 0.5) is 0 Å². The quantitative estimate of drug-likeness (QED) is 0.864. The molecule has 7 heteroatoms. The topological polar surface area (TPSA) is 83.5 Å². The van der Waals surface area contributed by atoms with E-state index >= 15 is 0 Å². The highest BCUT2D eigenvalue weighted by Crippen LogP contribution is 2.23. The van der Waals surface area contributed by atoms with Crippen LogP contribution in [0.2, 0.25) is 5.02 Å². The second-order valence-corrected chi connectivity index (χ2v) is 7.23. The Bertz CT molecular complexity index is 600. The summed E-state index contributed by atoms with van der Waals surface area (Å²) in [6.07, 6.45) is 1.21. The number of halogens is 1. The molecule has 19 heavy (non-hydrogen) atoms. The van der Waals surface area contributed by atoms with Crippen molar-refractivity contribution in [3.8, 4) is 5.75 Å². The van der Waals surface area contributed by atoms with Crippen LogP contribution in [0, 0.1) is 0 Å². The van der Waals surface area contributed by atoms with Gasteiger partial charge in [-0.05, 0) is 31.0 Å². The summed E-state index contributed by atoms with van der Waals surface area (Å²) >= 11 is 5.72. The van der Waals surface area contributed by atoms with E-state index in [4.69, 9.17) is 11.6 Å². The van der Waals surface area contributed by atoms with Crippen LogP contribution in [-0.4, -0.2) is 37.0 Å². The average Bonchev–Trinajstić information content (AvgIpc) is 2.31. The van der Waals surface area contributed by atoms with Gasteiger partial charge in [-0.1, -0.05) is 11.6 Å². The van der Waals surface area contributed by atoms with Gasteiger partial charge >= 0.3 is 0 Å². The first-order valence-electron chi connectivity index (χ1n) is 5.87.